The van der Waals surface area contributed by atoms with Crippen LogP contribution in [-0.2, 0) is 0 Å². The maximum absolute atomic E-state index is 5.49. The van der Waals surface area contributed by atoms with Crippen molar-refractivity contribution in [1.29, 1.82) is 0 Å². The second-order valence-electron chi connectivity index (χ2n) is 1.37. The molecule has 9 heavy (non-hydrogen) atoms. The highest BCUT2D eigenvalue weighted by Crippen LogP contribution is 2.17. The molecule has 49 valence electrons. The molecule has 0 aromatic heterocycles. The van der Waals surface area contributed by atoms with E-state index in [1.54, 1.807) is 0 Å². The first kappa shape index (κ1) is 7.19. The molecular formula is C4H2Cl3N2. The van der Waals surface area contributed by atoms with Gasteiger partial charge >= 0.3 is 0 Å². The van der Waals surface area contributed by atoms with E-state index in [-0.39, 0.29) is 0 Å². The minimum Gasteiger partial charge on any atom is -0.253 e. The molecule has 1 radical (unpaired) electrons. The normalized spacial score (nSPS) is 26.3. The number of allylic oxidation sites excluding steroid dienone is 1. The Kier molecular flexibility index (Phi) is 2.22. The standard InChI is InChI=1S/C4H2Cl3N2/c5-3-1-8-4(6)9(7)2-3/h2,4H. The molecule has 1 rings (SSSR count). The molecule has 0 aromatic rings. The SMILES string of the molecule is ClC1=CN(Cl)C(Cl)N=[C]1. The van der Waals surface area contributed by atoms with E-state index in [0.29, 0.717) is 5.03 Å². The molecule has 0 saturated heterocycles. The Labute approximate surface area is 67.8 Å². The molecule has 1 aliphatic rings. The van der Waals surface area contributed by atoms with Gasteiger partial charge in [0, 0.05) is 18.0 Å². The Morgan fingerprint density at radius 1 is 1.78 bits per heavy atom. The van der Waals surface area contributed by atoms with Gasteiger partial charge in [-0.25, -0.2) is 4.99 Å². The van der Waals surface area contributed by atoms with E-state index in [1.807, 2.05) is 0 Å². The maximum Gasteiger partial charge on any atom is 0.211 e. The number of nitrogens with zero attached hydrogens (tertiary/aromatic N) is 2. The Hall–Kier alpha value is 0.0800. The molecule has 2 nitrogen and oxygen atoms in total. The molecule has 0 amide bonds. The molecule has 0 N–H and O–H groups in total. The summed E-state index contributed by atoms with van der Waals surface area (Å²) < 4.78 is 1.17. The van der Waals surface area contributed by atoms with Crippen molar-refractivity contribution in [1.82, 2.24) is 4.42 Å². The van der Waals surface area contributed by atoms with Crippen molar-refractivity contribution in [2.24, 2.45) is 4.99 Å². The predicted molar refractivity (Wildman–Crippen MR) is 38.7 cm³/mol. The Morgan fingerprint density at radius 3 is 2.89 bits per heavy atom. The van der Waals surface area contributed by atoms with Crippen LogP contribution in [0.3, 0.4) is 0 Å². The summed E-state index contributed by atoms with van der Waals surface area (Å²) in [5, 5.41) is 0.349. The van der Waals surface area contributed by atoms with Gasteiger partial charge in [-0.15, -0.1) is 0 Å². The topological polar surface area (TPSA) is 15.6 Å². The first-order valence-electron chi connectivity index (χ1n) is 2.11. The number of hydrogen-bond acceptors (Lipinski definition) is 2. The van der Waals surface area contributed by atoms with Crippen LogP contribution in [-0.4, -0.2) is 16.3 Å². The van der Waals surface area contributed by atoms with Crippen LogP contribution in [0.2, 0.25) is 0 Å². The molecule has 1 unspecified atom stereocenters. The fourth-order valence-electron chi connectivity index (χ4n) is 0.369. The van der Waals surface area contributed by atoms with Crippen LogP contribution in [0.1, 0.15) is 0 Å². The fourth-order valence-corrected chi connectivity index (χ4v) is 0.819. The highest BCUT2D eigenvalue weighted by atomic mass is 35.5. The van der Waals surface area contributed by atoms with Gasteiger partial charge in [-0.1, -0.05) is 23.2 Å². The number of halogens is 3. The molecule has 1 aliphatic heterocycles. The average Bonchev–Trinajstić information content (AvgIpc) is 1.80. The number of hydrogen-bond donors (Lipinski definition) is 0. The lowest BCUT2D eigenvalue weighted by atomic mass is 10.6. The van der Waals surface area contributed by atoms with E-state index in [4.69, 9.17) is 35.0 Å². The van der Waals surface area contributed by atoms with Crippen LogP contribution in [0.4, 0.5) is 0 Å². The first-order chi connectivity index (χ1) is 4.20. The van der Waals surface area contributed by atoms with Gasteiger partial charge in [0.25, 0.3) is 0 Å². The number of alkyl halides is 1. The Morgan fingerprint density at radius 2 is 2.44 bits per heavy atom. The summed E-state index contributed by atoms with van der Waals surface area (Å²) >= 11 is 16.4. The maximum atomic E-state index is 5.49. The van der Waals surface area contributed by atoms with Gasteiger partial charge in [0.1, 0.15) is 6.21 Å². The molecule has 0 bridgehead atoms. The van der Waals surface area contributed by atoms with Crippen LogP contribution < -0.4 is 0 Å². The lowest BCUT2D eigenvalue weighted by Gasteiger charge is -2.15. The highest BCUT2D eigenvalue weighted by molar-refractivity contribution is 6.40. The van der Waals surface area contributed by atoms with Crippen LogP contribution in [0.5, 0.6) is 0 Å². The van der Waals surface area contributed by atoms with Gasteiger partial charge in [-0.2, -0.15) is 0 Å². The molecule has 0 fully saturated rings. The zero-order chi connectivity index (χ0) is 6.85. The molecule has 0 saturated carbocycles. The lowest BCUT2D eigenvalue weighted by molar-refractivity contribution is 0.563. The second-order valence-corrected chi connectivity index (χ2v) is 2.56. The van der Waals surface area contributed by atoms with Crippen LogP contribution in [0.15, 0.2) is 16.2 Å². The van der Waals surface area contributed by atoms with Crippen LogP contribution in [0.25, 0.3) is 0 Å². The fraction of sp³-hybridized carbons (Fsp3) is 0.250. The summed E-state index contributed by atoms with van der Waals surface area (Å²) in [5.41, 5.74) is -0.589. The van der Waals surface area contributed by atoms with E-state index in [1.165, 1.54) is 10.6 Å². The summed E-state index contributed by atoms with van der Waals surface area (Å²) in [6.07, 6.45) is 3.89. The monoisotopic (exact) mass is 183 g/mol. The zero-order valence-corrected chi connectivity index (χ0v) is 6.45. The summed E-state index contributed by atoms with van der Waals surface area (Å²) in [7, 11) is 0. The van der Waals surface area contributed by atoms with E-state index >= 15 is 0 Å². The highest BCUT2D eigenvalue weighted by Gasteiger charge is 2.11. The minimum atomic E-state index is -0.589. The summed E-state index contributed by atoms with van der Waals surface area (Å²) in [5.74, 6) is 0. The molecular weight excluding hydrogens is 182 g/mol. The van der Waals surface area contributed by atoms with E-state index in [9.17, 15) is 0 Å². The molecule has 0 aromatic carbocycles. The average molecular weight is 184 g/mol. The minimum absolute atomic E-state index is 0.349. The third-order valence-corrected chi connectivity index (χ3v) is 1.59. The molecule has 1 heterocycles. The van der Waals surface area contributed by atoms with Crippen molar-refractivity contribution < 1.29 is 0 Å². The Balaban J connectivity index is 2.70. The van der Waals surface area contributed by atoms with Crippen LogP contribution >= 0.6 is 35.0 Å². The van der Waals surface area contributed by atoms with Crippen molar-refractivity contribution in [3.05, 3.63) is 11.2 Å². The third kappa shape index (κ3) is 1.75. The van der Waals surface area contributed by atoms with Gasteiger partial charge < -0.3 is 0 Å². The van der Waals surface area contributed by atoms with Crippen molar-refractivity contribution in [2.75, 3.05) is 0 Å². The van der Waals surface area contributed by atoms with Gasteiger partial charge in [-0.05, 0) is 0 Å². The number of aliphatic imine (C=N–C) groups is 1. The summed E-state index contributed by atoms with van der Waals surface area (Å²) in [4.78, 5) is 3.60. The predicted octanol–water partition coefficient (Wildman–Crippen LogP) is 2.01. The van der Waals surface area contributed by atoms with Crippen molar-refractivity contribution in [2.45, 2.75) is 5.62 Å². The van der Waals surface area contributed by atoms with Crippen molar-refractivity contribution in [3.8, 4) is 0 Å². The van der Waals surface area contributed by atoms with E-state index in [0.717, 1.165) is 0 Å². The first-order valence-corrected chi connectivity index (χ1v) is 3.27. The molecule has 0 aliphatic carbocycles. The molecule has 5 heteroatoms. The summed E-state index contributed by atoms with van der Waals surface area (Å²) in [6.45, 7) is 0. The zero-order valence-electron chi connectivity index (χ0n) is 4.18. The van der Waals surface area contributed by atoms with Crippen LogP contribution in [0, 0.1) is 0 Å². The van der Waals surface area contributed by atoms with Gasteiger partial charge in [0.2, 0.25) is 5.62 Å². The third-order valence-electron chi connectivity index (χ3n) is 0.718. The van der Waals surface area contributed by atoms with E-state index in [2.05, 4.69) is 11.2 Å². The second kappa shape index (κ2) is 2.78. The molecule has 0 spiro atoms. The molecule has 1 atom stereocenters. The van der Waals surface area contributed by atoms with Crippen molar-refractivity contribution >= 4 is 41.2 Å². The van der Waals surface area contributed by atoms with Gasteiger partial charge in [-0.3, -0.25) is 4.42 Å². The largest absolute Gasteiger partial charge is 0.253 e. The summed E-state index contributed by atoms with van der Waals surface area (Å²) in [6, 6.07) is 0. The Bertz CT molecular complexity index is 165. The number of rotatable bonds is 0. The quantitative estimate of drug-likeness (QED) is 0.319. The van der Waals surface area contributed by atoms with Crippen molar-refractivity contribution in [3.63, 3.8) is 0 Å². The van der Waals surface area contributed by atoms with Gasteiger partial charge in [0.05, 0.1) is 5.03 Å². The van der Waals surface area contributed by atoms with Gasteiger partial charge in [0.15, 0.2) is 0 Å². The van der Waals surface area contributed by atoms with E-state index < -0.39 is 5.62 Å². The smallest absolute Gasteiger partial charge is 0.211 e. The lowest BCUT2D eigenvalue weighted by Crippen LogP contribution is -2.17.